The highest BCUT2D eigenvalue weighted by Crippen LogP contribution is 2.36. The van der Waals surface area contributed by atoms with E-state index < -0.39 is 0 Å². The van der Waals surface area contributed by atoms with Crippen molar-refractivity contribution in [2.24, 2.45) is 0 Å². The highest BCUT2D eigenvalue weighted by atomic mass is 79.9. The van der Waals surface area contributed by atoms with E-state index in [4.69, 9.17) is 0 Å². The van der Waals surface area contributed by atoms with E-state index in [9.17, 15) is 0 Å². The first-order chi connectivity index (χ1) is 9.54. The molecular weight excluding hydrogens is 330 g/mol. The number of halogens is 1. The molecule has 1 N–H and O–H groups in total. The predicted octanol–water partition coefficient (Wildman–Crippen LogP) is 5.52. The molecule has 0 aliphatic heterocycles. The van der Waals surface area contributed by atoms with Crippen molar-refractivity contribution in [3.8, 4) is 0 Å². The van der Waals surface area contributed by atoms with Gasteiger partial charge in [0.1, 0.15) is 0 Å². The Morgan fingerprint density at radius 2 is 1.85 bits per heavy atom. The monoisotopic (exact) mass is 351 g/mol. The maximum atomic E-state index is 3.71. The van der Waals surface area contributed by atoms with Crippen LogP contribution in [-0.2, 0) is 0 Å². The van der Waals surface area contributed by atoms with Gasteiger partial charge >= 0.3 is 0 Å². The van der Waals surface area contributed by atoms with Gasteiger partial charge in [-0.25, -0.2) is 0 Å². The van der Waals surface area contributed by atoms with E-state index in [-0.39, 0.29) is 0 Å². The van der Waals surface area contributed by atoms with Crippen LogP contribution >= 0.6 is 27.3 Å². The first kappa shape index (κ1) is 15.7. The van der Waals surface area contributed by atoms with Crippen LogP contribution in [0.2, 0.25) is 0 Å². The molecular formula is C17H22BrNS. The third-order valence-corrected chi connectivity index (χ3v) is 5.79. The number of hydrogen-bond acceptors (Lipinski definition) is 2. The molecule has 1 aromatic carbocycles. The molecule has 0 aliphatic carbocycles. The molecule has 1 atom stereocenters. The fourth-order valence-corrected chi connectivity index (χ4v) is 4.19. The van der Waals surface area contributed by atoms with Gasteiger partial charge in [0.25, 0.3) is 0 Å². The normalized spacial score (nSPS) is 12.7. The highest BCUT2D eigenvalue weighted by molar-refractivity contribution is 9.10. The van der Waals surface area contributed by atoms with Crippen LogP contribution in [0, 0.1) is 20.8 Å². The van der Waals surface area contributed by atoms with E-state index in [1.54, 1.807) is 0 Å². The second-order valence-corrected chi connectivity index (χ2v) is 7.39. The molecule has 1 unspecified atom stereocenters. The summed E-state index contributed by atoms with van der Waals surface area (Å²) in [6.07, 6.45) is 1.15. The summed E-state index contributed by atoms with van der Waals surface area (Å²) in [7, 11) is 0. The average molecular weight is 352 g/mol. The average Bonchev–Trinajstić information content (AvgIpc) is 2.73. The van der Waals surface area contributed by atoms with Crippen molar-refractivity contribution in [2.45, 2.75) is 40.2 Å². The van der Waals surface area contributed by atoms with Crippen molar-refractivity contribution in [1.82, 2.24) is 5.32 Å². The number of thiophene rings is 1. The van der Waals surface area contributed by atoms with E-state index >= 15 is 0 Å². The Morgan fingerprint density at radius 1 is 1.20 bits per heavy atom. The summed E-state index contributed by atoms with van der Waals surface area (Å²) in [5.41, 5.74) is 4.15. The molecule has 0 bridgehead atoms. The maximum absolute atomic E-state index is 3.71. The SMILES string of the molecule is CCCNC(c1cc(Br)c(C)s1)c1c(C)cccc1C. The molecule has 0 radical (unpaired) electrons. The van der Waals surface area contributed by atoms with E-state index in [1.165, 1.54) is 30.9 Å². The van der Waals surface area contributed by atoms with Crippen LogP contribution < -0.4 is 5.32 Å². The van der Waals surface area contributed by atoms with Gasteiger partial charge < -0.3 is 5.32 Å². The van der Waals surface area contributed by atoms with Crippen molar-refractivity contribution in [3.05, 3.63) is 55.2 Å². The third kappa shape index (κ3) is 3.33. The molecule has 20 heavy (non-hydrogen) atoms. The van der Waals surface area contributed by atoms with Crippen LogP contribution in [0.1, 0.15) is 45.8 Å². The van der Waals surface area contributed by atoms with E-state index in [1.807, 2.05) is 11.3 Å². The maximum Gasteiger partial charge on any atom is 0.0676 e. The molecule has 0 saturated carbocycles. The predicted molar refractivity (Wildman–Crippen MR) is 92.8 cm³/mol. The zero-order chi connectivity index (χ0) is 14.7. The summed E-state index contributed by atoms with van der Waals surface area (Å²) < 4.78 is 1.21. The first-order valence-corrected chi connectivity index (χ1v) is 8.70. The van der Waals surface area contributed by atoms with Gasteiger partial charge in [0, 0.05) is 14.2 Å². The lowest BCUT2D eigenvalue weighted by Gasteiger charge is -2.22. The van der Waals surface area contributed by atoms with Gasteiger partial charge in [-0.3, -0.25) is 0 Å². The summed E-state index contributed by atoms with van der Waals surface area (Å²) in [6, 6.07) is 9.11. The lowest BCUT2D eigenvalue weighted by molar-refractivity contribution is 0.601. The molecule has 2 aromatic rings. The molecule has 2 rings (SSSR count). The Balaban J connectivity index is 2.47. The Hall–Kier alpha value is -0.640. The number of hydrogen-bond donors (Lipinski definition) is 1. The minimum absolute atomic E-state index is 0.297. The van der Waals surface area contributed by atoms with Crippen LogP contribution in [0.15, 0.2) is 28.7 Å². The van der Waals surface area contributed by atoms with Gasteiger partial charge in [0.05, 0.1) is 6.04 Å². The van der Waals surface area contributed by atoms with Crippen molar-refractivity contribution >= 4 is 27.3 Å². The Kier molecular flexibility index (Phi) is 5.42. The smallest absolute Gasteiger partial charge is 0.0676 e. The summed E-state index contributed by atoms with van der Waals surface area (Å²) in [6.45, 7) is 9.83. The number of benzene rings is 1. The Bertz CT molecular complexity index is 549. The fourth-order valence-electron chi connectivity index (χ4n) is 2.54. The molecule has 3 heteroatoms. The number of rotatable bonds is 5. The van der Waals surface area contributed by atoms with E-state index in [0.29, 0.717) is 6.04 Å². The van der Waals surface area contributed by atoms with E-state index in [2.05, 4.69) is 73.2 Å². The largest absolute Gasteiger partial charge is 0.306 e. The summed E-state index contributed by atoms with van der Waals surface area (Å²) in [5, 5.41) is 3.71. The molecule has 0 saturated heterocycles. The lowest BCUT2D eigenvalue weighted by Crippen LogP contribution is -2.24. The summed E-state index contributed by atoms with van der Waals surface area (Å²) in [5.74, 6) is 0. The quantitative estimate of drug-likeness (QED) is 0.747. The van der Waals surface area contributed by atoms with Gasteiger partial charge in [0.15, 0.2) is 0 Å². The van der Waals surface area contributed by atoms with Crippen molar-refractivity contribution in [3.63, 3.8) is 0 Å². The minimum atomic E-state index is 0.297. The van der Waals surface area contributed by atoms with Gasteiger partial charge in [-0.1, -0.05) is 25.1 Å². The molecule has 0 amide bonds. The standard InChI is InChI=1S/C17H22BrNS/c1-5-9-19-17(15-10-14(18)13(4)20-15)16-11(2)7-6-8-12(16)3/h6-8,10,17,19H,5,9H2,1-4H3. The van der Waals surface area contributed by atoms with Gasteiger partial charge in [0.2, 0.25) is 0 Å². The van der Waals surface area contributed by atoms with Crippen LogP contribution in [0.5, 0.6) is 0 Å². The van der Waals surface area contributed by atoms with Crippen molar-refractivity contribution < 1.29 is 0 Å². The molecule has 1 aromatic heterocycles. The summed E-state index contributed by atoms with van der Waals surface area (Å²) in [4.78, 5) is 2.73. The second kappa shape index (κ2) is 6.88. The van der Waals surface area contributed by atoms with Gasteiger partial charge in [-0.2, -0.15) is 0 Å². The second-order valence-electron chi connectivity index (χ2n) is 5.25. The first-order valence-electron chi connectivity index (χ1n) is 7.10. The lowest BCUT2D eigenvalue weighted by atomic mass is 9.95. The van der Waals surface area contributed by atoms with Gasteiger partial charge in [-0.15, -0.1) is 11.3 Å². The van der Waals surface area contributed by atoms with Crippen LogP contribution in [0.3, 0.4) is 0 Å². The Morgan fingerprint density at radius 3 is 2.35 bits per heavy atom. The summed E-state index contributed by atoms with van der Waals surface area (Å²) >= 11 is 5.52. The van der Waals surface area contributed by atoms with Crippen LogP contribution in [0.4, 0.5) is 0 Å². The molecule has 0 spiro atoms. The fraction of sp³-hybridized carbons (Fsp3) is 0.412. The number of aryl methyl sites for hydroxylation is 3. The molecule has 0 fully saturated rings. The zero-order valence-electron chi connectivity index (χ0n) is 12.6. The molecule has 0 aliphatic rings. The molecule has 1 heterocycles. The van der Waals surface area contributed by atoms with Crippen LogP contribution in [-0.4, -0.2) is 6.54 Å². The number of nitrogens with one attached hydrogen (secondary N) is 1. The Labute approximate surface area is 134 Å². The minimum Gasteiger partial charge on any atom is -0.306 e. The third-order valence-electron chi connectivity index (χ3n) is 3.59. The van der Waals surface area contributed by atoms with E-state index in [0.717, 1.165) is 13.0 Å². The topological polar surface area (TPSA) is 12.0 Å². The zero-order valence-corrected chi connectivity index (χ0v) is 15.0. The van der Waals surface area contributed by atoms with Crippen LogP contribution in [0.25, 0.3) is 0 Å². The van der Waals surface area contributed by atoms with Crippen molar-refractivity contribution in [1.29, 1.82) is 0 Å². The highest BCUT2D eigenvalue weighted by Gasteiger charge is 2.20. The van der Waals surface area contributed by atoms with Gasteiger partial charge in [-0.05, 0) is 72.4 Å². The molecule has 108 valence electrons. The van der Waals surface area contributed by atoms with Crippen molar-refractivity contribution in [2.75, 3.05) is 6.54 Å². The molecule has 1 nitrogen and oxygen atoms in total.